The molecule has 1 amide bonds. The molecule has 0 bridgehead atoms. The molecule has 0 aliphatic carbocycles. The minimum Gasteiger partial charge on any atom is -0.274 e. The van der Waals surface area contributed by atoms with Gasteiger partial charge in [0.25, 0.3) is 0 Å². The van der Waals surface area contributed by atoms with E-state index in [0.717, 1.165) is 33.9 Å². The summed E-state index contributed by atoms with van der Waals surface area (Å²) in [4.78, 5) is 19.5. The number of hydrogen-bond acceptors (Lipinski definition) is 3. The first-order valence-electron chi connectivity index (χ1n) is 8.42. The quantitative estimate of drug-likeness (QED) is 0.609. The zero-order valence-electron chi connectivity index (χ0n) is 14.3. The topological polar surface area (TPSA) is 33.2 Å². The molecule has 1 unspecified atom stereocenters. The highest BCUT2D eigenvalue weighted by atomic mass is 32.1. The van der Waals surface area contributed by atoms with Gasteiger partial charge >= 0.3 is 0 Å². The van der Waals surface area contributed by atoms with Gasteiger partial charge in [0.1, 0.15) is 0 Å². The zero-order valence-corrected chi connectivity index (χ0v) is 15.1. The summed E-state index contributed by atoms with van der Waals surface area (Å²) in [6.07, 6.45) is 1.80. The molecule has 0 saturated heterocycles. The van der Waals surface area contributed by atoms with Crippen LogP contribution in [0.2, 0.25) is 0 Å². The van der Waals surface area contributed by atoms with E-state index >= 15 is 0 Å². The van der Waals surface area contributed by atoms with Crippen molar-refractivity contribution in [1.29, 1.82) is 0 Å². The van der Waals surface area contributed by atoms with Crippen LogP contribution in [0.3, 0.4) is 0 Å². The third-order valence-electron chi connectivity index (χ3n) is 4.33. The van der Waals surface area contributed by atoms with E-state index < -0.39 is 0 Å². The Balaban J connectivity index is 2.08. The number of aryl methyl sites for hydroxylation is 1. The Morgan fingerprint density at radius 1 is 1.12 bits per heavy atom. The van der Waals surface area contributed by atoms with Gasteiger partial charge < -0.3 is 0 Å². The minimum absolute atomic E-state index is 0.0390. The van der Waals surface area contributed by atoms with E-state index in [2.05, 4.69) is 19.1 Å². The second-order valence-electron chi connectivity index (χ2n) is 5.97. The number of fused-ring (bicyclic) bond motifs is 1. The van der Waals surface area contributed by atoms with E-state index in [9.17, 15) is 4.79 Å². The Bertz CT molecular complexity index is 805. The number of benzene rings is 2. The summed E-state index contributed by atoms with van der Waals surface area (Å²) in [5, 5.41) is 0.741. The fourth-order valence-corrected chi connectivity index (χ4v) is 3.56. The SMILES string of the molecule is CCc1ccc(N(C(=O)C(C)CC)c2nc3ccccc3s2)cc1. The summed E-state index contributed by atoms with van der Waals surface area (Å²) >= 11 is 1.56. The molecule has 0 radical (unpaired) electrons. The number of amides is 1. The van der Waals surface area contributed by atoms with E-state index in [-0.39, 0.29) is 11.8 Å². The van der Waals surface area contributed by atoms with Crippen LogP contribution < -0.4 is 4.90 Å². The molecule has 124 valence electrons. The predicted octanol–water partition coefficient (Wildman–Crippen LogP) is 5.57. The number of para-hydroxylation sites is 1. The van der Waals surface area contributed by atoms with Gasteiger partial charge in [-0.2, -0.15) is 0 Å². The number of nitrogens with zero attached hydrogens (tertiary/aromatic N) is 2. The first-order chi connectivity index (χ1) is 11.6. The largest absolute Gasteiger partial charge is 0.274 e. The third kappa shape index (κ3) is 3.20. The Hall–Kier alpha value is -2.20. The average Bonchev–Trinajstić information content (AvgIpc) is 3.05. The number of rotatable bonds is 5. The maximum Gasteiger partial charge on any atom is 0.236 e. The van der Waals surface area contributed by atoms with Crippen LogP contribution in [-0.4, -0.2) is 10.9 Å². The number of thiazole rings is 1. The molecule has 0 saturated carbocycles. The molecule has 1 atom stereocenters. The van der Waals surface area contributed by atoms with Gasteiger partial charge in [-0.05, 0) is 42.7 Å². The Kier molecular flexibility index (Phi) is 4.95. The summed E-state index contributed by atoms with van der Waals surface area (Å²) in [5.41, 5.74) is 3.08. The van der Waals surface area contributed by atoms with Gasteiger partial charge in [0, 0.05) is 5.92 Å². The van der Waals surface area contributed by atoms with Crippen LogP contribution >= 0.6 is 11.3 Å². The summed E-state index contributed by atoms with van der Waals surface area (Å²) < 4.78 is 1.10. The number of aromatic nitrogens is 1. The van der Waals surface area contributed by atoms with Crippen LogP contribution in [0.4, 0.5) is 10.8 Å². The Labute approximate surface area is 147 Å². The fourth-order valence-electron chi connectivity index (χ4n) is 2.56. The van der Waals surface area contributed by atoms with Crippen molar-refractivity contribution in [3.63, 3.8) is 0 Å². The molecule has 0 fully saturated rings. The predicted molar refractivity (Wildman–Crippen MR) is 102 cm³/mol. The highest BCUT2D eigenvalue weighted by Crippen LogP contribution is 2.34. The Morgan fingerprint density at radius 3 is 2.46 bits per heavy atom. The van der Waals surface area contributed by atoms with Crippen LogP contribution in [0.15, 0.2) is 48.5 Å². The van der Waals surface area contributed by atoms with Crippen LogP contribution in [0.1, 0.15) is 32.8 Å². The summed E-state index contributed by atoms with van der Waals surface area (Å²) in [7, 11) is 0. The smallest absolute Gasteiger partial charge is 0.236 e. The number of anilines is 2. The Morgan fingerprint density at radius 2 is 1.83 bits per heavy atom. The molecule has 0 aliphatic rings. The number of carbonyl (C=O) groups excluding carboxylic acids is 1. The molecule has 0 aliphatic heterocycles. The monoisotopic (exact) mass is 338 g/mol. The van der Waals surface area contributed by atoms with Crippen LogP contribution in [0.25, 0.3) is 10.2 Å². The van der Waals surface area contributed by atoms with Crippen molar-refractivity contribution in [3.05, 3.63) is 54.1 Å². The molecular formula is C20H22N2OS. The van der Waals surface area contributed by atoms with Gasteiger partial charge in [-0.3, -0.25) is 9.69 Å². The van der Waals surface area contributed by atoms with Crippen LogP contribution in [-0.2, 0) is 11.2 Å². The molecule has 24 heavy (non-hydrogen) atoms. The molecule has 2 aromatic carbocycles. The van der Waals surface area contributed by atoms with Crippen LogP contribution in [0, 0.1) is 5.92 Å². The summed E-state index contributed by atoms with van der Waals surface area (Å²) in [6.45, 7) is 6.15. The minimum atomic E-state index is -0.0390. The van der Waals surface area contributed by atoms with Crippen molar-refractivity contribution < 1.29 is 4.79 Å². The second-order valence-corrected chi connectivity index (χ2v) is 6.98. The zero-order chi connectivity index (χ0) is 17.1. The molecule has 3 aromatic rings. The van der Waals surface area contributed by atoms with Gasteiger partial charge in [0.05, 0.1) is 15.9 Å². The average molecular weight is 338 g/mol. The molecule has 4 heteroatoms. The van der Waals surface area contributed by atoms with Crippen molar-refractivity contribution >= 4 is 38.3 Å². The molecule has 1 aromatic heterocycles. The lowest BCUT2D eigenvalue weighted by atomic mass is 10.1. The highest BCUT2D eigenvalue weighted by molar-refractivity contribution is 7.22. The number of hydrogen-bond donors (Lipinski definition) is 0. The molecule has 1 heterocycles. The van der Waals surface area contributed by atoms with Gasteiger partial charge in [0.2, 0.25) is 5.91 Å². The summed E-state index contributed by atoms with van der Waals surface area (Å²) in [5.74, 6) is 0.0590. The highest BCUT2D eigenvalue weighted by Gasteiger charge is 2.25. The van der Waals surface area contributed by atoms with E-state index in [1.807, 2.05) is 50.2 Å². The van der Waals surface area contributed by atoms with Gasteiger partial charge in [-0.25, -0.2) is 4.98 Å². The second kappa shape index (κ2) is 7.14. The molecule has 0 spiro atoms. The van der Waals surface area contributed by atoms with Gasteiger partial charge in [-0.15, -0.1) is 0 Å². The van der Waals surface area contributed by atoms with Crippen molar-refractivity contribution in [2.24, 2.45) is 5.92 Å². The lowest BCUT2D eigenvalue weighted by Crippen LogP contribution is -2.30. The van der Waals surface area contributed by atoms with E-state index in [1.54, 1.807) is 16.2 Å². The van der Waals surface area contributed by atoms with Crippen molar-refractivity contribution in [2.75, 3.05) is 4.90 Å². The fraction of sp³-hybridized carbons (Fsp3) is 0.300. The van der Waals surface area contributed by atoms with Crippen LogP contribution in [0.5, 0.6) is 0 Å². The third-order valence-corrected chi connectivity index (χ3v) is 5.35. The molecule has 3 nitrogen and oxygen atoms in total. The molecule has 0 N–H and O–H groups in total. The van der Waals surface area contributed by atoms with E-state index in [4.69, 9.17) is 4.98 Å². The normalized spacial score (nSPS) is 12.3. The van der Waals surface area contributed by atoms with E-state index in [0.29, 0.717) is 0 Å². The lowest BCUT2D eigenvalue weighted by molar-refractivity contribution is -0.121. The van der Waals surface area contributed by atoms with Crippen molar-refractivity contribution in [3.8, 4) is 0 Å². The lowest BCUT2D eigenvalue weighted by Gasteiger charge is -2.23. The molecular weight excluding hydrogens is 316 g/mol. The first kappa shape index (κ1) is 16.7. The number of carbonyl (C=O) groups is 1. The van der Waals surface area contributed by atoms with E-state index in [1.165, 1.54) is 5.56 Å². The standard InChI is InChI=1S/C20H22N2OS/c1-4-14(3)19(23)22(16-12-10-15(5-2)11-13-16)20-21-17-8-6-7-9-18(17)24-20/h6-14H,4-5H2,1-3H3. The maximum absolute atomic E-state index is 13.0. The molecule has 3 rings (SSSR count). The van der Waals surface area contributed by atoms with Gasteiger partial charge in [0.15, 0.2) is 5.13 Å². The maximum atomic E-state index is 13.0. The first-order valence-corrected chi connectivity index (χ1v) is 9.24. The van der Waals surface area contributed by atoms with Gasteiger partial charge in [-0.1, -0.05) is 56.4 Å². The van der Waals surface area contributed by atoms with Crippen molar-refractivity contribution in [2.45, 2.75) is 33.6 Å². The van der Waals surface area contributed by atoms with Crippen molar-refractivity contribution in [1.82, 2.24) is 4.98 Å². The summed E-state index contributed by atoms with van der Waals surface area (Å²) in [6, 6.07) is 16.2.